The van der Waals surface area contributed by atoms with Crippen molar-refractivity contribution in [2.24, 2.45) is 5.92 Å². The maximum absolute atomic E-state index is 12.5. The molecule has 1 N–H and O–H groups in total. The molecule has 1 aliphatic rings. The minimum Gasteiger partial charge on any atom is -0.441 e. The molecule has 1 aromatic carbocycles. The maximum atomic E-state index is 12.5. The van der Waals surface area contributed by atoms with Crippen LogP contribution in [0.25, 0.3) is 11.3 Å². The van der Waals surface area contributed by atoms with Gasteiger partial charge in [0.2, 0.25) is 5.91 Å². The minimum atomic E-state index is 0.162. The highest BCUT2D eigenvalue weighted by molar-refractivity contribution is 5.76. The van der Waals surface area contributed by atoms with Gasteiger partial charge >= 0.3 is 0 Å². The molecule has 0 radical (unpaired) electrons. The molecule has 25 heavy (non-hydrogen) atoms. The predicted octanol–water partition coefficient (Wildman–Crippen LogP) is 3.28. The van der Waals surface area contributed by atoms with Crippen LogP contribution in [0.4, 0.5) is 0 Å². The lowest BCUT2D eigenvalue weighted by Gasteiger charge is -2.37. The molecule has 3 rings (SSSR count). The number of carbonyl (C=O) groups is 1. The fourth-order valence-electron chi connectivity index (χ4n) is 3.37. The second-order valence-corrected chi connectivity index (χ2v) is 6.86. The van der Waals surface area contributed by atoms with E-state index in [1.165, 1.54) is 0 Å². The molecule has 1 aliphatic heterocycles. The summed E-state index contributed by atoms with van der Waals surface area (Å²) < 4.78 is 5.78. The summed E-state index contributed by atoms with van der Waals surface area (Å²) in [6.45, 7) is 2.93. The van der Waals surface area contributed by atoms with Crippen LogP contribution in [0.2, 0.25) is 0 Å². The van der Waals surface area contributed by atoms with Crippen molar-refractivity contribution >= 4 is 5.91 Å². The zero-order valence-corrected chi connectivity index (χ0v) is 14.7. The summed E-state index contributed by atoms with van der Waals surface area (Å²) >= 11 is 0. The van der Waals surface area contributed by atoms with E-state index in [4.69, 9.17) is 4.42 Å². The van der Waals surface area contributed by atoms with Crippen molar-refractivity contribution < 1.29 is 14.3 Å². The van der Waals surface area contributed by atoms with Gasteiger partial charge in [0.15, 0.2) is 11.7 Å². The molecule has 0 saturated carbocycles. The van der Waals surface area contributed by atoms with Crippen LogP contribution in [0.5, 0.6) is 0 Å². The second-order valence-electron chi connectivity index (χ2n) is 6.86. The van der Waals surface area contributed by atoms with E-state index in [0.29, 0.717) is 25.3 Å². The van der Waals surface area contributed by atoms with Gasteiger partial charge in [-0.15, -0.1) is 0 Å². The van der Waals surface area contributed by atoms with E-state index in [9.17, 15) is 9.90 Å². The first-order chi connectivity index (χ1) is 12.2. The molecule has 5 heteroatoms. The summed E-state index contributed by atoms with van der Waals surface area (Å²) in [5, 5.41) is 9.34. The van der Waals surface area contributed by atoms with Crippen molar-refractivity contribution in [2.45, 2.75) is 45.1 Å². The van der Waals surface area contributed by atoms with Crippen LogP contribution in [0.1, 0.15) is 38.5 Å². The smallest absolute Gasteiger partial charge is 0.222 e. The summed E-state index contributed by atoms with van der Waals surface area (Å²) in [5.74, 6) is 1.82. The molecule has 0 spiro atoms. The topological polar surface area (TPSA) is 66.6 Å². The molecule has 2 heterocycles. The molecule has 1 saturated heterocycles. The largest absolute Gasteiger partial charge is 0.441 e. The molecule has 0 aliphatic carbocycles. The lowest BCUT2D eigenvalue weighted by atomic mass is 9.93. The Morgan fingerprint density at radius 1 is 1.32 bits per heavy atom. The number of aliphatic hydroxyl groups excluding tert-OH is 1. The molecule has 1 fully saturated rings. The van der Waals surface area contributed by atoms with Gasteiger partial charge in [-0.3, -0.25) is 4.79 Å². The Morgan fingerprint density at radius 3 is 2.88 bits per heavy atom. The van der Waals surface area contributed by atoms with Crippen LogP contribution in [-0.4, -0.2) is 40.1 Å². The highest BCUT2D eigenvalue weighted by atomic mass is 16.4. The first kappa shape index (κ1) is 17.7. The van der Waals surface area contributed by atoms with Gasteiger partial charge in [-0.05, 0) is 32.1 Å². The number of amides is 1. The number of likely N-dealkylation sites (tertiary alicyclic amines) is 1. The highest BCUT2D eigenvalue weighted by Crippen LogP contribution is 2.23. The molecule has 1 aromatic heterocycles. The Kier molecular flexibility index (Phi) is 5.87. The Balaban J connectivity index is 1.49. The van der Waals surface area contributed by atoms with Crippen LogP contribution in [0, 0.1) is 5.92 Å². The number of carbonyl (C=O) groups excluding carboxylic acids is 1. The van der Waals surface area contributed by atoms with Crippen LogP contribution < -0.4 is 0 Å². The second kappa shape index (κ2) is 8.30. The number of aryl methyl sites for hydroxylation is 1. The summed E-state index contributed by atoms with van der Waals surface area (Å²) in [6.07, 6.45) is 5.58. The van der Waals surface area contributed by atoms with Crippen LogP contribution in [0.15, 0.2) is 40.9 Å². The SMILES string of the molecule is CC1CCC(CO)CN1C(=O)CCCc1ncc(-c2ccccc2)o1. The fourth-order valence-corrected chi connectivity index (χ4v) is 3.37. The van der Waals surface area contributed by atoms with Crippen molar-refractivity contribution in [1.82, 2.24) is 9.88 Å². The number of oxazole rings is 1. The molecule has 1 amide bonds. The average molecular weight is 342 g/mol. The lowest BCUT2D eigenvalue weighted by molar-refractivity contribution is -0.136. The van der Waals surface area contributed by atoms with E-state index in [2.05, 4.69) is 11.9 Å². The molecule has 0 bridgehead atoms. The summed E-state index contributed by atoms with van der Waals surface area (Å²) in [7, 11) is 0. The Hall–Kier alpha value is -2.14. The normalized spacial score (nSPS) is 20.6. The van der Waals surface area contributed by atoms with Gasteiger partial charge in [0.05, 0.1) is 6.20 Å². The molecule has 134 valence electrons. The van der Waals surface area contributed by atoms with Gasteiger partial charge in [-0.2, -0.15) is 0 Å². The first-order valence-electron chi connectivity index (χ1n) is 9.08. The summed E-state index contributed by atoms with van der Waals surface area (Å²) in [4.78, 5) is 18.7. The zero-order valence-electron chi connectivity index (χ0n) is 14.7. The number of benzene rings is 1. The zero-order chi connectivity index (χ0) is 17.6. The summed E-state index contributed by atoms with van der Waals surface area (Å²) in [6, 6.07) is 10.1. The molecule has 5 nitrogen and oxygen atoms in total. The molecular formula is C20H26N2O3. The van der Waals surface area contributed by atoms with Gasteiger partial charge in [0.25, 0.3) is 0 Å². The van der Waals surface area contributed by atoms with Crippen molar-refractivity contribution in [3.05, 3.63) is 42.4 Å². The predicted molar refractivity (Wildman–Crippen MR) is 95.9 cm³/mol. The molecule has 2 aromatic rings. The lowest BCUT2D eigenvalue weighted by Crippen LogP contribution is -2.46. The van der Waals surface area contributed by atoms with E-state index < -0.39 is 0 Å². The summed E-state index contributed by atoms with van der Waals surface area (Å²) in [5.41, 5.74) is 1.01. The third kappa shape index (κ3) is 4.48. The molecule has 2 atom stereocenters. The monoisotopic (exact) mass is 342 g/mol. The standard InChI is InChI=1S/C20H26N2O3/c1-15-10-11-16(14-23)13-22(15)20(24)9-5-8-19-21-12-18(25-19)17-6-3-2-4-7-17/h2-4,6-7,12,15-16,23H,5,8-11,13-14H2,1H3. The third-order valence-corrected chi connectivity index (χ3v) is 4.95. The fraction of sp³-hybridized carbons (Fsp3) is 0.500. The highest BCUT2D eigenvalue weighted by Gasteiger charge is 2.28. The number of aliphatic hydroxyl groups is 1. The van der Waals surface area contributed by atoms with E-state index in [0.717, 1.165) is 30.6 Å². The van der Waals surface area contributed by atoms with E-state index >= 15 is 0 Å². The number of hydrogen-bond donors (Lipinski definition) is 1. The minimum absolute atomic E-state index is 0.162. The number of nitrogens with zero attached hydrogens (tertiary/aromatic N) is 2. The van der Waals surface area contributed by atoms with Gasteiger partial charge in [-0.1, -0.05) is 30.3 Å². The van der Waals surface area contributed by atoms with Crippen molar-refractivity contribution in [2.75, 3.05) is 13.2 Å². The van der Waals surface area contributed by atoms with Gasteiger partial charge in [0, 0.05) is 37.6 Å². The molecule has 2 unspecified atom stereocenters. The van der Waals surface area contributed by atoms with Crippen LogP contribution in [-0.2, 0) is 11.2 Å². The average Bonchev–Trinajstić information content (AvgIpc) is 3.11. The number of piperidine rings is 1. The Morgan fingerprint density at radius 2 is 2.12 bits per heavy atom. The number of rotatable bonds is 6. The quantitative estimate of drug-likeness (QED) is 0.875. The number of hydrogen-bond acceptors (Lipinski definition) is 4. The molecular weight excluding hydrogens is 316 g/mol. The maximum Gasteiger partial charge on any atom is 0.222 e. The van der Waals surface area contributed by atoms with Gasteiger partial charge in [-0.25, -0.2) is 4.98 Å². The Labute approximate surface area is 148 Å². The number of aromatic nitrogens is 1. The van der Waals surface area contributed by atoms with Crippen molar-refractivity contribution in [3.63, 3.8) is 0 Å². The Bertz CT molecular complexity index is 683. The van der Waals surface area contributed by atoms with Crippen LogP contribution >= 0.6 is 0 Å². The van der Waals surface area contributed by atoms with Gasteiger partial charge < -0.3 is 14.4 Å². The van der Waals surface area contributed by atoms with E-state index in [-0.39, 0.29) is 24.5 Å². The van der Waals surface area contributed by atoms with Crippen LogP contribution in [0.3, 0.4) is 0 Å². The van der Waals surface area contributed by atoms with Gasteiger partial charge in [0.1, 0.15) is 0 Å². The first-order valence-corrected chi connectivity index (χ1v) is 9.08. The van der Waals surface area contributed by atoms with E-state index in [1.807, 2.05) is 35.2 Å². The van der Waals surface area contributed by atoms with Crippen molar-refractivity contribution in [3.8, 4) is 11.3 Å². The van der Waals surface area contributed by atoms with Crippen molar-refractivity contribution in [1.29, 1.82) is 0 Å². The third-order valence-electron chi connectivity index (χ3n) is 4.95. The van der Waals surface area contributed by atoms with E-state index in [1.54, 1.807) is 6.20 Å².